The molecule has 0 fully saturated rings. The number of allylic oxidation sites excluding steroid dienone is 1. The molecule has 0 spiro atoms. The van der Waals surface area contributed by atoms with E-state index in [2.05, 4.69) is 0 Å². The molecule has 0 aromatic heterocycles. The molecule has 40 valence electrons. The van der Waals surface area contributed by atoms with Crippen LogP contribution in [0.3, 0.4) is 0 Å². The van der Waals surface area contributed by atoms with Crippen LogP contribution in [-0.4, -0.2) is 14.0 Å². The zero-order valence-electron chi connectivity index (χ0n) is 3.70. The summed E-state index contributed by atoms with van der Waals surface area (Å²) in [6.07, 6.45) is 4.40. The highest BCUT2D eigenvalue weighted by Gasteiger charge is 2.14. The first-order valence-corrected chi connectivity index (χ1v) is 3.24. The average molecular weight is 118 g/mol. The molecule has 1 N–H and O–H groups in total. The third-order valence-electron chi connectivity index (χ3n) is 0.978. The van der Waals surface area contributed by atoms with Crippen molar-refractivity contribution in [3.63, 3.8) is 0 Å². The Hall–Kier alpha value is -0.150. The highest BCUT2D eigenvalue weighted by Crippen LogP contribution is 2.12. The van der Waals surface area contributed by atoms with E-state index in [1.165, 1.54) is 0 Å². The first kappa shape index (κ1) is 5.00. The summed E-state index contributed by atoms with van der Waals surface area (Å²) in [5.74, 6) is 0. The minimum atomic E-state index is -1.61. The third-order valence-corrected chi connectivity index (χ3v) is 1.85. The first-order chi connectivity index (χ1) is 3.30. The fourth-order valence-electron chi connectivity index (χ4n) is 0.397. The lowest BCUT2D eigenvalue weighted by Gasteiger charge is -2.10. The van der Waals surface area contributed by atoms with E-state index >= 15 is 0 Å². The average Bonchev–Trinajstić information content (AvgIpc) is 1.23. The minimum absolute atomic E-state index is 0.0694. The molecule has 2 nitrogen and oxygen atoms in total. The van der Waals surface area contributed by atoms with Gasteiger partial charge in [-0.05, 0) is 6.42 Å². The topological polar surface area (TPSA) is 37.3 Å². The summed E-state index contributed by atoms with van der Waals surface area (Å²) in [4.78, 5) is 0. The van der Waals surface area contributed by atoms with Gasteiger partial charge in [0.2, 0.25) is 0 Å². The van der Waals surface area contributed by atoms with Crippen LogP contribution in [0.1, 0.15) is 6.42 Å². The Kier molecular flexibility index (Phi) is 1.25. The van der Waals surface area contributed by atoms with Crippen LogP contribution in [0.5, 0.6) is 0 Å². The summed E-state index contributed by atoms with van der Waals surface area (Å²) < 4.78 is 18.3. The highest BCUT2D eigenvalue weighted by atomic mass is 32.2. The Morgan fingerprint density at radius 2 is 2.43 bits per heavy atom. The largest absolute Gasteiger partial charge is 0.306 e. The van der Waals surface area contributed by atoms with E-state index in [1.807, 2.05) is 6.08 Å². The zero-order valence-corrected chi connectivity index (χ0v) is 4.52. The molecule has 7 heavy (non-hydrogen) atoms. The van der Waals surface area contributed by atoms with Crippen molar-refractivity contribution in [2.75, 3.05) is 0 Å². The standard InChI is InChI=1S/C4H6O2S/c5-7(6)4-2-1-3-4/h1-2,4H,3H2,(H,5,6). The Bertz CT molecular complexity index is 119. The zero-order chi connectivity index (χ0) is 5.28. The fraction of sp³-hybridized carbons (Fsp3) is 0.500. The van der Waals surface area contributed by atoms with Crippen molar-refractivity contribution >= 4 is 11.1 Å². The molecule has 0 amide bonds. The van der Waals surface area contributed by atoms with Crippen LogP contribution in [0.25, 0.3) is 0 Å². The Balaban J connectivity index is 2.44. The second-order valence-corrected chi connectivity index (χ2v) is 2.64. The van der Waals surface area contributed by atoms with Gasteiger partial charge in [-0.1, -0.05) is 12.2 Å². The van der Waals surface area contributed by atoms with Gasteiger partial charge in [0.1, 0.15) is 0 Å². The van der Waals surface area contributed by atoms with Crippen LogP contribution in [-0.2, 0) is 11.1 Å². The summed E-state index contributed by atoms with van der Waals surface area (Å²) in [5, 5.41) is -0.0694. The van der Waals surface area contributed by atoms with E-state index in [1.54, 1.807) is 6.08 Å². The molecule has 1 aliphatic carbocycles. The predicted octanol–water partition coefficient (Wildman–Crippen LogP) is 0.537. The molecule has 0 aliphatic heterocycles. The van der Waals surface area contributed by atoms with Gasteiger partial charge in [0.15, 0.2) is 11.1 Å². The quantitative estimate of drug-likeness (QED) is 0.403. The molecule has 2 unspecified atom stereocenters. The van der Waals surface area contributed by atoms with E-state index < -0.39 is 11.1 Å². The maximum atomic E-state index is 10.0. The van der Waals surface area contributed by atoms with E-state index in [4.69, 9.17) is 4.55 Å². The SMILES string of the molecule is O=S(O)C1C=CC1. The number of hydrogen-bond donors (Lipinski definition) is 1. The van der Waals surface area contributed by atoms with E-state index in [9.17, 15) is 4.21 Å². The van der Waals surface area contributed by atoms with Gasteiger partial charge >= 0.3 is 0 Å². The molecule has 0 aromatic rings. The fourth-order valence-corrected chi connectivity index (χ4v) is 0.918. The number of hydrogen-bond acceptors (Lipinski definition) is 1. The van der Waals surface area contributed by atoms with Crippen molar-refractivity contribution in [2.45, 2.75) is 11.7 Å². The van der Waals surface area contributed by atoms with Crippen LogP contribution in [0.4, 0.5) is 0 Å². The lowest BCUT2D eigenvalue weighted by atomic mass is 10.1. The molecular formula is C4H6O2S. The van der Waals surface area contributed by atoms with E-state index in [0.717, 1.165) is 6.42 Å². The van der Waals surface area contributed by atoms with Gasteiger partial charge in [-0.2, -0.15) is 0 Å². The summed E-state index contributed by atoms with van der Waals surface area (Å²) in [6, 6.07) is 0. The molecule has 0 saturated heterocycles. The van der Waals surface area contributed by atoms with Crippen molar-refractivity contribution in [3.05, 3.63) is 12.2 Å². The van der Waals surface area contributed by atoms with Gasteiger partial charge in [0.25, 0.3) is 0 Å². The third kappa shape index (κ3) is 0.894. The molecule has 1 rings (SSSR count). The van der Waals surface area contributed by atoms with E-state index in [0.29, 0.717) is 0 Å². The lowest BCUT2D eigenvalue weighted by Crippen LogP contribution is -2.15. The van der Waals surface area contributed by atoms with Crippen molar-refractivity contribution < 1.29 is 8.76 Å². The van der Waals surface area contributed by atoms with Gasteiger partial charge in [-0.3, -0.25) is 0 Å². The molecule has 0 aromatic carbocycles. The molecule has 0 heterocycles. The predicted molar refractivity (Wildman–Crippen MR) is 28.3 cm³/mol. The van der Waals surface area contributed by atoms with Gasteiger partial charge in [-0.15, -0.1) is 0 Å². The Labute approximate surface area is 44.5 Å². The summed E-state index contributed by atoms with van der Waals surface area (Å²) in [7, 11) is 0. The maximum Gasteiger partial charge on any atom is 0.160 e. The Morgan fingerprint density at radius 3 is 2.43 bits per heavy atom. The van der Waals surface area contributed by atoms with Gasteiger partial charge in [0, 0.05) is 0 Å². The summed E-state index contributed by atoms with van der Waals surface area (Å²) in [5.41, 5.74) is 0. The molecule has 0 radical (unpaired) electrons. The minimum Gasteiger partial charge on any atom is -0.306 e. The van der Waals surface area contributed by atoms with Crippen LogP contribution in [0.2, 0.25) is 0 Å². The van der Waals surface area contributed by atoms with Crippen LogP contribution < -0.4 is 0 Å². The van der Waals surface area contributed by atoms with Crippen molar-refractivity contribution in [1.29, 1.82) is 0 Å². The smallest absolute Gasteiger partial charge is 0.160 e. The van der Waals surface area contributed by atoms with Crippen LogP contribution in [0.15, 0.2) is 12.2 Å². The Morgan fingerprint density at radius 1 is 1.86 bits per heavy atom. The van der Waals surface area contributed by atoms with Gasteiger partial charge < -0.3 is 4.55 Å². The lowest BCUT2D eigenvalue weighted by molar-refractivity contribution is 0.553. The first-order valence-electron chi connectivity index (χ1n) is 2.07. The molecule has 0 bridgehead atoms. The van der Waals surface area contributed by atoms with Crippen LogP contribution >= 0.6 is 0 Å². The highest BCUT2D eigenvalue weighted by molar-refractivity contribution is 7.80. The molecule has 1 aliphatic rings. The second-order valence-electron chi connectivity index (χ2n) is 1.48. The normalized spacial score (nSPS) is 31.9. The summed E-state index contributed by atoms with van der Waals surface area (Å²) in [6.45, 7) is 0. The molecule has 2 atom stereocenters. The maximum absolute atomic E-state index is 10.0. The van der Waals surface area contributed by atoms with Crippen molar-refractivity contribution in [3.8, 4) is 0 Å². The second kappa shape index (κ2) is 1.76. The van der Waals surface area contributed by atoms with Gasteiger partial charge in [0.05, 0.1) is 5.25 Å². The molecule has 3 heteroatoms. The van der Waals surface area contributed by atoms with Crippen molar-refractivity contribution in [1.82, 2.24) is 0 Å². The summed E-state index contributed by atoms with van der Waals surface area (Å²) >= 11 is -1.61. The van der Waals surface area contributed by atoms with Crippen LogP contribution in [0, 0.1) is 0 Å². The van der Waals surface area contributed by atoms with E-state index in [-0.39, 0.29) is 5.25 Å². The monoisotopic (exact) mass is 118 g/mol. The number of rotatable bonds is 1. The van der Waals surface area contributed by atoms with Gasteiger partial charge in [-0.25, -0.2) is 4.21 Å². The molecule has 0 saturated carbocycles. The molecular weight excluding hydrogens is 112 g/mol. The van der Waals surface area contributed by atoms with Crippen molar-refractivity contribution in [2.24, 2.45) is 0 Å².